The third-order valence-corrected chi connectivity index (χ3v) is 2.61. The summed E-state index contributed by atoms with van der Waals surface area (Å²) in [6.45, 7) is 1.87. The van der Waals surface area contributed by atoms with Crippen LogP contribution in [0.25, 0.3) is 11.0 Å². The Kier molecular flexibility index (Phi) is 2.95. The average molecular weight is 232 g/mol. The fourth-order valence-corrected chi connectivity index (χ4v) is 1.70. The summed E-state index contributed by atoms with van der Waals surface area (Å²) >= 11 is 1.39. The van der Waals surface area contributed by atoms with Gasteiger partial charge in [-0.15, -0.1) is 16.4 Å². The summed E-state index contributed by atoms with van der Waals surface area (Å²) in [4.78, 5) is 8.07. The first-order chi connectivity index (χ1) is 7.79. The van der Waals surface area contributed by atoms with Gasteiger partial charge < -0.3 is 5.41 Å². The number of thiazole rings is 1. The molecule has 0 aromatic carbocycles. The first kappa shape index (κ1) is 10.3. The number of tetrazole rings is 1. The number of aromatic amines is 1. The van der Waals surface area contributed by atoms with Crippen LogP contribution in [0.4, 0.5) is 5.95 Å². The molecule has 8 heteroatoms. The number of aryl methyl sites for hydroxylation is 1. The van der Waals surface area contributed by atoms with Gasteiger partial charge in [-0.3, -0.25) is 5.87 Å². The molecule has 0 saturated heterocycles. The Morgan fingerprint density at radius 3 is 3.12 bits per heavy atom. The van der Waals surface area contributed by atoms with E-state index in [9.17, 15) is 0 Å². The van der Waals surface area contributed by atoms with E-state index in [1.165, 1.54) is 17.6 Å². The fraction of sp³-hybridized carbons (Fsp3) is 0.125. The molecule has 1 N–H and O–H groups in total. The monoisotopic (exact) mass is 232 g/mol. The standard InChI is InChI=1S/C8H6N7S/c1-5-4-16-7(11-5)6(2-9)3-10-8-12-14-15-13-8/h3-4H,1H3,(H,12,13,14,15)/q-1/b10-3+. The highest BCUT2D eigenvalue weighted by Gasteiger charge is 2.02. The molecule has 2 aromatic rings. The van der Waals surface area contributed by atoms with E-state index in [4.69, 9.17) is 5.41 Å². The molecular weight excluding hydrogens is 226 g/mol. The molecule has 2 aromatic heterocycles. The molecule has 7 nitrogen and oxygen atoms in total. The smallest absolute Gasteiger partial charge is 0.288 e. The second kappa shape index (κ2) is 4.56. The molecule has 0 bridgehead atoms. The normalized spacial score (nSPS) is 10.6. The van der Waals surface area contributed by atoms with Gasteiger partial charge in [0.05, 0.1) is 0 Å². The topological polar surface area (TPSA) is 102 Å². The summed E-state index contributed by atoms with van der Waals surface area (Å²) in [5.41, 5.74) is 1.25. The Labute approximate surface area is 94.5 Å². The van der Waals surface area contributed by atoms with E-state index >= 15 is 0 Å². The number of hydrogen-bond acceptors (Lipinski definition) is 6. The molecule has 0 amide bonds. The zero-order chi connectivity index (χ0) is 11.4. The predicted molar refractivity (Wildman–Crippen MR) is 61.0 cm³/mol. The van der Waals surface area contributed by atoms with Crippen molar-refractivity contribution < 1.29 is 0 Å². The summed E-state index contributed by atoms with van der Waals surface area (Å²) in [6, 6.07) is 0. The number of hydrogen-bond donors (Lipinski definition) is 1. The lowest BCUT2D eigenvalue weighted by Crippen LogP contribution is -1.86. The number of nitrogens with one attached hydrogen (secondary N) is 1. The van der Waals surface area contributed by atoms with Crippen molar-refractivity contribution in [1.82, 2.24) is 25.6 Å². The number of aliphatic imine (C=N–C) groups is 1. The average Bonchev–Trinajstić information content (AvgIpc) is 2.91. The van der Waals surface area contributed by atoms with Crippen molar-refractivity contribution in [2.45, 2.75) is 6.92 Å². The molecule has 80 valence electrons. The van der Waals surface area contributed by atoms with Crippen LogP contribution in [0.15, 0.2) is 10.4 Å². The SMILES string of the molecule is Cc1csc(C(=C=[N-])/C=N/c2nn[nH]n2)n1. The van der Waals surface area contributed by atoms with Crippen LogP contribution in [0.3, 0.4) is 0 Å². The maximum Gasteiger partial charge on any atom is 0.288 e. The molecule has 0 unspecified atom stereocenters. The van der Waals surface area contributed by atoms with Gasteiger partial charge in [-0.1, -0.05) is 5.10 Å². The van der Waals surface area contributed by atoms with Crippen LogP contribution in [-0.2, 0) is 0 Å². The van der Waals surface area contributed by atoms with Crippen LogP contribution in [-0.4, -0.2) is 37.7 Å². The number of allylic oxidation sites excluding steroid dienone is 1. The zero-order valence-corrected chi connectivity index (χ0v) is 9.06. The highest BCUT2D eigenvalue weighted by atomic mass is 32.1. The van der Waals surface area contributed by atoms with Crippen LogP contribution in [0.5, 0.6) is 0 Å². The predicted octanol–water partition coefficient (Wildman–Crippen LogP) is 0.990. The van der Waals surface area contributed by atoms with E-state index in [0.717, 1.165) is 5.69 Å². The lowest BCUT2D eigenvalue weighted by molar-refractivity contribution is 0.881. The Morgan fingerprint density at radius 1 is 1.69 bits per heavy atom. The van der Waals surface area contributed by atoms with E-state index in [0.29, 0.717) is 10.6 Å². The third-order valence-electron chi connectivity index (χ3n) is 1.61. The van der Waals surface area contributed by atoms with Gasteiger partial charge in [0.25, 0.3) is 5.95 Å². The molecule has 0 spiro atoms. The van der Waals surface area contributed by atoms with Gasteiger partial charge >= 0.3 is 0 Å². The second-order valence-corrected chi connectivity index (χ2v) is 3.65. The minimum absolute atomic E-state index is 0.182. The molecule has 0 radical (unpaired) electrons. The van der Waals surface area contributed by atoms with Crippen LogP contribution < -0.4 is 0 Å². The third kappa shape index (κ3) is 2.25. The molecule has 0 aliphatic rings. The summed E-state index contributed by atoms with van der Waals surface area (Å²) in [5, 5.41) is 24.3. The van der Waals surface area contributed by atoms with Gasteiger partial charge in [0.1, 0.15) is 5.01 Å². The number of nitrogens with zero attached hydrogens (tertiary/aromatic N) is 6. The van der Waals surface area contributed by atoms with Gasteiger partial charge in [-0.25, -0.2) is 9.98 Å². The van der Waals surface area contributed by atoms with Crippen molar-refractivity contribution in [1.29, 1.82) is 0 Å². The second-order valence-electron chi connectivity index (χ2n) is 2.79. The van der Waals surface area contributed by atoms with Crippen LogP contribution >= 0.6 is 11.3 Å². The molecule has 0 aliphatic heterocycles. The van der Waals surface area contributed by atoms with E-state index < -0.39 is 0 Å². The molecule has 2 heterocycles. The van der Waals surface area contributed by atoms with Gasteiger partial charge in [0, 0.05) is 22.9 Å². The highest BCUT2D eigenvalue weighted by Crippen LogP contribution is 2.16. The van der Waals surface area contributed by atoms with Gasteiger partial charge in [0.2, 0.25) is 0 Å². The van der Waals surface area contributed by atoms with Crippen LogP contribution in [0.1, 0.15) is 10.7 Å². The van der Waals surface area contributed by atoms with E-state index in [-0.39, 0.29) is 5.95 Å². The van der Waals surface area contributed by atoms with Gasteiger partial charge in [-0.2, -0.15) is 5.21 Å². The van der Waals surface area contributed by atoms with Crippen LogP contribution in [0, 0.1) is 6.92 Å². The van der Waals surface area contributed by atoms with E-state index in [1.807, 2.05) is 18.2 Å². The summed E-state index contributed by atoms with van der Waals surface area (Å²) in [5.74, 6) is 2.20. The first-order valence-electron chi connectivity index (χ1n) is 4.26. The highest BCUT2D eigenvalue weighted by molar-refractivity contribution is 7.11. The summed E-state index contributed by atoms with van der Waals surface area (Å²) in [6.07, 6.45) is 1.38. The number of rotatable bonds is 3. The summed E-state index contributed by atoms with van der Waals surface area (Å²) in [7, 11) is 0. The molecule has 0 atom stereocenters. The minimum Gasteiger partial charge on any atom is -0.763 e. The van der Waals surface area contributed by atoms with Crippen molar-refractivity contribution in [2.75, 3.05) is 0 Å². The van der Waals surface area contributed by atoms with Crippen molar-refractivity contribution in [3.05, 3.63) is 21.5 Å². The van der Waals surface area contributed by atoms with Gasteiger partial charge in [-0.05, 0) is 12.1 Å². The molecular formula is C8H6N7S-. The number of H-pyrrole nitrogens is 1. The van der Waals surface area contributed by atoms with Crippen LogP contribution in [0.2, 0.25) is 0 Å². The molecule has 0 fully saturated rings. The maximum absolute atomic E-state index is 8.94. The Morgan fingerprint density at radius 2 is 2.56 bits per heavy atom. The summed E-state index contributed by atoms with van der Waals surface area (Å²) < 4.78 is 0. The molecule has 0 aliphatic carbocycles. The molecule has 0 saturated carbocycles. The first-order valence-corrected chi connectivity index (χ1v) is 5.14. The van der Waals surface area contributed by atoms with Crippen molar-refractivity contribution >= 4 is 34.9 Å². The number of aromatic nitrogens is 5. The maximum atomic E-state index is 8.94. The minimum atomic E-state index is 0.182. The van der Waals surface area contributed by atoms with E-state index in [1.54, 1.807) is 0 Å². The fourth-order valence-electron chi connectivity index (χ4n) is 0.943. The molecule has 16 heavy (non-hydrogen) atoms. The lowest BCUT2D eigenvalue weighted by atomic mass is 10.3. The van der Waals surface area contributed by atoms with Gasteiger partial charge in [0.15, 0.2) is 0 Å². The quantitative estimate of drug-likeness (QED) is 0.797. The zero-order valence-electron chi connectivity index (χ0n) is 8.25. The molecule has 2 rings (SSSR count). The largest absolute Gasteiger partial charge is 0.763 e. The van der Waals surface area contributed by atoms with E-state index in [2.05, 4.69) is 30.6 Å². The Balaban J connectivity index is 2.23. The Hall–Kier alpha value is -2.18. The van der Waals surface area contributed by atoms with Crippen molar-refractivity contribution in [2.24, 2.45) is 4.99 Å². The Bertz CT molecular complexity index is 547. The van der Waals surface area contributed by atoms with Crippen molar-refractivity contribution in [3.8, 4) is 0 Å². The lowest BCUT2D eigenvalue weighted by Gasteiger charge is -1.92. The van der Waals surface area contributed by atoms with Crippen molar-refractivity contribution in [3.63, 3.8) is 0 Å².